The predicted molar refractivity (Wildman–Crippen MR) is 81.0 cm³/mol. The summed E-state index contributed by atoms with van der Waals surface area (Å²) in [5.41, 5.74) is 2.97. The van der Waals surface area contributed by atoms with Crippen LogP contribution in [0.1, 0.15) is 36.3 Å². The average Bonchev–Trinajstić information content (AvgIpc) is 2.50. The molecule has 3 rings (SSSR count). The zero-order valence-corrected chi connectivity index (χ0v) is 11.3. The van der Waals surface area contributed by atoms with Crippen molar-refractivity contribution in [3.05, 3.63) is 78.2 Å². The summed E-state index contributed by atoms with van der Waals surface area (Å²) in [5.74, 6) is 1.51. The Hall–Kier alpha value is -1.56. The molecule has 2 aromatic rings. The van der Waals surface area contributed by atoms with Gasteiger partial charge in [-0.05, 0) is 55.1 Å². The van der Waals surface area contributed by atoms with E-state index in [2.05, 4.69) is 67.1 Å². The van der Waals surface area contributed by atoms with E-state index in [9.17, 15) is 0 Å². The lowest BCUT2D eigenvalue weighted by Crippen LogP contribution is -2.15. The molecule has 1 fully saturated rings. The van der Waals surface area contributed by atoms with Crippen LogP contribution < -0.4 is 0 Å². The fourth-order valence-corrected chi connectivity index (χ4v) is 3.14. The highest BCUT2D eigenvalue weighted by molar-refractivity contribution is 5.23. The topological polar surface area (TPSA) is 0 Å². The van der Waals surface area contributed by atoms with Gasteiger partial charge >= 0.3 is 0 Å². The van der Waals surface area contributed by atoms with E-state index in [1.165, 1.54) is 36.8 Å². The Morgan fingerprint density at radius 3 is 2.11 bits per heavy atom. The van der Waals surface area contributed by atoms with Crippen molar-refractivity contribution in [3.63, 3.8) is 0 Å². The van der Waals surface area contributed by atoms with Gasteiger partial charge < -0.3 is 0 Å². The molecule has 0 saturated heterocycles. The Bertz CT molecular complexity index is 478. The van der Waals surface area contributed by atoms with Gasteiger partial charge in [-0.2, -0.15) is 0 Å². The lowest BCUT2D eigenvalue weighted by atomic mass is 9.77. The van der Waals surface area contributed by atoms with Crippen LogP contribution in [0, 0.1) is 12.3 Å². The Morgan fingerprint density at radius 2 is 1.47 bits per heavy atom. The van der Waals surface area contributed by atoms with Crippen LogP contribution in [0.3, 0.4) is 0 Å². The van der Waals surface area contributed by atoms with E-state index in [4.69, 9.17) is 0 Å². The van der Waals surface area contributed by atoms with Gasteiger partial charge in [0.05, 0.1) is 0 Å². The van der Waals surface area contributed by atoms with E-state index < -0.39 is 0 Å². The first-order chi connectivity index (χ1) is 9.42. The summed E-state index contributed by atoms with van der Waals surface area (Å²) in [4.78, 5) is 0. The Balaban J connectivity index is 1.55. The van der Waals surface area contributed by atoms with E-state index in [0.29, 0.717) is 5.92 Å². The zero-order valence-electron chi connectivity index (χ0n) is 11.3. The smallest absolute Gasteiger partial charge is 0.0131 e. The van der Waals surface area contributed by atoms with Crippen LogP contribution in [0.2, 0.25) is 0 Å². The molecule has 0 spiro atoms. The summed E-state index contributed by atoms with van der Waals surface area (Å²) < 4.78 is 0. The minimum Gasteiger partial charge on any atom is -0.0622 e. The minimum absolute atomic E-state index is 0.674. The van der Waals surface area contributed by atoms with Crippen molar-refractivity contribution in [1.29, 1.82) is 0 Å². The molecule has 2 unspecified atom stereocenters. The SMILES string of the molecule is [CH]1CC(Cc2ccccc2)CCC1c1ccccc1. The maximum atomic E-state index is 2.53. The first kappa shape index (κ1) is 12.5. The van der Waals surface area contributed by atoms with Crippen LogP contribution in [-0.4, -0.2) is 0 Å². The Morgan fingerprint density at radius 1 is 0.789 bits per heavy atom. The summed E-state index contributed by atoms with van der Waals surface area (Å²) in [6.07, 6.45) is 7.69. The van der Waals surface area contributed by atoms with Crippen molar-refractivity contribution in [2.24, 2.45) is 5.92 Å². The second-order valence-corrected chi connectivity index (χ2v) is 5.62. The Kier molecular flexibility index (Phi) is 3.98. The van der Waals surface area contributed by atoms with Gasteiger partial charge in [-0.1, -0.05) is 60.7 Å². The first-order valence-electron chi connectivity index (χ1n) is 7.34. The number of hydrogen-bond donors (Lipinski definition) is 0. The van der Waals surface area contributed by atoms with Crippen molar-refractivity contribution < 1.29 is 0 Å². The normalized spacial score (nSPS) is 23.2. The molecule has 0 nitrogen and oxygen atoms in total. The third-order valence-electron chi connectivity index (χ3n) is 4.23. The van der Waals surface area contributed by atoms with E-state index in [0.717, 1.165) is 5.92 Å². The second-order valence-electron chi connectivity index (χ2n) is 5.62. The predicted octanol–water partition coefficient (Wildman–Crippen LogP) is 5.02. The third-order valence-corrected chi connectivity index (χ3v) is 4.23. The van der Waals surface area contributed by atoms with Crippen LogP contribution in [0.4, 0.5) is 0 Å². The van der Waals surface area contributed by atoms with Crippen molar-refractivity contribution in [2.45, 2.75) is 31.6 Å². The highest BCUT2D eigenvalue weighted by Gasteiger charge is 2.22. The molecule has 0 aliphatic heterocycles. The number of rotatable bonds is 3. The molecule has 97 valence electrons. The maximum absolute atomic E-state index is 2.53. The lowest BCUT2D eigenvalue weighted by molar-refractivity contribution is 0.385. The first-order valence-corrected chi connectivity index (χ1v) is 7.34. The van der Waals surface area contributed by atoms with Gasteiger partial charge in [0, 0.05) is 0 Å². The highest BCUT2D eigenvalue weighted by Crippen LogP contribution is 2.36. The van der Waals surface area contributed by atoms with Gasteiger partial charge in [0.15, 0.2) is 0 Å². The van der Waals surface area contributed by atoms with Gasteiger partial charge in [0.2, 0.25) is 0 Å². The number of hydrogen-bond acceptors (Lipinski definition) is 0. The van der Waals surface area contributed by atoms with Gasteiger partial charge in [-0.25, -0.2) is 0 Å². The van der Waals surface area contributed by atoms with Crippen LogP contribution in [0.25, 0.3) is 0 Å². The molecule has 1 aliphatic carbocycles. The molecular weight excluding hydrogens is 228 g/mol. The molecule has 1 aliphatic rings. The molecule has 0 amide bonds. The third kappa shape index (κ3) is 3.26. The van der Waals surface area contributed by atoms with Gasteiger partial charge in [-0.3, -0.25) is 0 Å². The van der Waals surface area contributed by atoms with E-state index in [1.54, 1.807) is 0 Å². The molecule has 19 heavy (non-hydrogen) atoms. The van der Waals surface area contributed by atoms with Crippen LogP contribution in [0.5, 0.6) is 0 Å². The van der Waals surface area contributed by atoms with E-state index in [-0.39, 0.29) is 0 Å². The van der Waals surface area contributed by atoms with Crippen molar-refractivity contribution in [1.82, 2.24) is 0 Å². The molecule has 0 bridgehead atoms. The summed E-state index contributed by atoms with van der Waals surface area (Å²) >= 11 is 0. The van der Waals surface area contributed by atoms with E-state index >= 15 is 0 Å². The van der Waals surface area contributed by atoms with Gasteiger partial charge in [-0.15, -0.1) is 0 Å². The quantitative estimate of drug-likeness (QED) is 0.716. The molecule has 2 aromatic carbocycles. The second kappa shape index (κ2) is 6.06. The fourth-order valence-electron chi connectivity index (χ4n) is 3.14. The summed E-state index contributed by atoms with van der Waals surface area (Å²) in [5, 5.41) is 0. The molecule has 1 saturated carbocycles. The minimum atomic E-state index is 0.674. The van der Waals surface area contributed by atoms with Gasteiger partial charge in [0.25, 0.3) is 0 Å². The summed E-state index contributed by atoms with van der Waals surface area (Å²) in [7, 11) is 0. The Labute approximate surface area is 116 Å². The lowest BCUT2D eigenvalue weighted by Gasteiger charge is -2.28. The van der Waals surface area contributed by atoms with Crippen molar-refractivity contribution in [3.8, 4) is 0 Å². The van der Waals surface area contributed by atoms with Crippen LogP contribution in [0.15, 0.2) is 60.7 Å². The molecule has 0 N–H and O–H groups in total. The molecular formula is C19H21. The molecule has 0 heterocycles. The average molecular weight is 249 g/mol. The molecule has 1 radical (unpaired) electrons. The summed E-state index contributed by atoms with van der Waals surface area (Å²) in [6, 6.07) is 21.8. The zero-order chi connectivity index (χ0) is 12.9. The van der Waals surface area contributed by atoms with Crippen LogP contribution >= 0.6 is 0 Å². The van der Waals surface area contributed by atoms with Gasteiger partial charge in [0.1, 0.15) is 0 Å². The maximum Gasteiger partial charge on any atom is -0.0131 e. The molecule has 0 heteroatoms. The number of benzene rings is 2. The van der Waals surface area contributed by atoms with Crippen molar-refractivity contribution in [2.75, 3.05) is 0 Å². The fraction of sp³-hybridized carbons (Fsp3) is 0.316. The van der Waals surface area contributed by atoms with Crippen LogP contribution in [-0.2, 0) is 6.42 Å². The van der Waals surface area contributed by atoms with E-state index in [1.807, 2.05) is 0 Å². The monoisotopic (exact) mass is 249 g/mol. The highest BCUT2D eigenvalue weighted by atomic mass is 14.3. The standard InChI is InChI=1S/C19H21/c1-3-7-16(8-4-1)15-17-11-13-19(14-12-17)18-9-5-2-6-10-18/h1-10,13,17,19H,11-12,14-15H2. The molecule has 2 atom stereocenters. The molecule has 0 aromatic heterocycles. The summed E-state index contributed by atoms with van der Waals surface area (Å²) in [6.45, 7) is 0. The largest absolute Gasteiger partial charge is 0.0622 e. The van der Waals surface area contributed by atoms with Crippen molar-refractivity contribution >= 4 is 0 Å².